The van der Waals surface area contributed by atoms with E-state index in [-0.39, 0.29) is 35.4 Å². The van der Waals surface area contributed by atoms with Crippen LogP contribution in [0.4, 0.5) is 6.01 Å². The van der Waals surface area contributed by atoms with Crippen LogP contribution < -0.4 is 5.32 Å². The maximum absolute atomic E-state index is 12.2. The lowest BCUT2D eigenvalue weighted by molar-refractivity contribution is -0.116. The van der Waals surface area contributed by atoms with Crippen molar-refractivity contribution in [3.05, 3.63) is 59.7 Å². The Kier molecular flexibility index (Phi) is 5.89. The Hall–Kier alpha value is -3.00. The number of nitrogens with one attached hydrogen (secondary N) is 1. The monoisotopic (exact) mass is 399 g/mol. The third-order valence-electron chi connectivity index (χ3n) is 4.21. The fourth-order valence-electron chi connectivity index (χ4n) is 2.70. The van der Waals surface area contributed by atoms with Crippen LogP contribution in [0.15, 0.2) is 57.8 Å². The van der Waals surface area contributed by atoms with Crippen molar-refractivity contribution in [2.45, 2.75) is 31.6 Å². The summed E-state index contributed by atoms with van der Waals surface area (Å²) in [7, 11) is -3.40. The molecule has 1 heterocycles. The molecule has 0 bridgehead atoms. The number of carbonyl (C=O) groups excluding carboxylic acids is 1. The number of carbonyl (C=O) groups is 1. The second kappa shape index (κ2) is 8.35. The van der Waals surface area contributed by atoms with E-state index < -0.39 is 9.84 Å². The Morgan fingerprint density at radius 3 is 2.57 bits per heavy atom. The lowest BCUT2D eigenvalue weighted by Gasteiger charge is -2.04. The number of sulfone groups is 1. The largest absolute Gasteiger partial charge is 0.403 e. The van der Waals surface area contributed by atoms with Gasteiger partial charge in [0.25, 0.3) is 0 Å². The van der Waals surface area contributed by atoms with E-state index in [0.29, 0.717) is 5.89 Å². The minimum absolute atomic E-state index is 0.00757. The van der Waals surface area contributed by atoms with Gasteiger partial charge in [-0.25, -0.2) is 8.42 Å². The SMILES string of the molecule is Cc1ccc(C)c(-c2nnc(NC(=O)CCCS(=O)(=O)c3ccccc3)o2)c1. The molecular weight excluding hydrogens is 378 g/mol. The molecule has 28 heavy (non-hydrogen) atoms. The standard InChI is InChI=1S/C20H21N3O4S/c1-14-10-11-15(2)17(13-14)19-22-23-20(27-19)21-18(24)9-6-12-28(25,26)16-7-4-3-5-8-16/h3-5,7-8,10-11,13H,6,9,12H2,1-2H3,(H,21,23,24). The summed E-state index contributed by atoms with van der Waals surface area (Å²) in [4.78, 5) is 12.3. The van der Waals surface area contributed by atoms with E-state index in [1.54, 1.807) is 30.3 Å². The summed E-state index contributed by atoms with van der Waals surface area (Å²) in [6, 6.07) is 14.1. The van der Waals surface area contributed by atoms with Crippen molar-refractivity contribution in [3.8, 4) is 11.5 Å². The molecule has 1 N–H and O–H groups in total. The molecule has 0 aliphatic heterocycles. The minimum atomic E-state index is -3.40. The Morgan fingerprint density at radius 2 is 1.82 bits per heavy atom. The van der Waals surface area contributed by atoms with Crippen LogP contribution in [-0.4, -0.2) is 30.3 Å². The van der Waals surface area contributed by atoms with E-state index in [1.807, 2.05) is 32.0 Å². The van der Waals surface area contributed by atoms with Crippen LogP contribution in [0, 0.1) is 13.8 Å². The Bertz CT molecular complexity index is 1080. The summed E-state index contributed by atoms with van der Waals surface area (Å²) < 4.78 is 30.0. The van der Waals surface area contributed by atoms with Gasteiger partial charge >= 0.3 is 6.01 Å². The molecular formula is C20H21N3O4S. The average Bonchev–Trinajstić information content (AvgIpc) is 3.12. The molecule has 0 aliphatic carbocycles. The molecule has 0 spiro atoms. The van der Waals surface area contributed by atoms with E-state index >= 15 is 0 Å². The maximum atomic E-state index is 12.2. The number of benzene rings is 2. The predicted molar refractivity (Wildman–Crippen MR) is 106 cm³/mol. The third-order valence-corrected chi connectivity index (χ3v) is 6.03. The maximum Gasteiger partial charge on any atom is 0.322 e. The highest BCUT2D eigenvalue weighted by atomic mass is 32.2. The first-order chi connectivity index (χ1) is 13.3. The lowest BCUT2D eigenvalue weighted by atomic mass is 10.1. The molecule has 0 aliphatic rings. The molecule has 0 fully saturated rings. The second-order valence-corrected chi connectivity index (χ2v) is 8.62. The van der Waals surface area contributed by atoms with Gasteiger partial charge in [-0.15, -0.1) is 5.10 Å². The third kappa shape index (κ3) is 4.83. The van der Waals surface area contributed by atoms with Gasteiger partial charge in [-0.1, -0.05) is 41.0 Å². The Balaban J connectivity index is 1.56. The zero-order valence-corrected chi connectivity index (χ0v) is 16.5. The van der Waals surface area contributed by atoms with E-state index in [4.69, 9.17) is 4.42 Å². The Morgan fingerprint density at radius 1 is 1.07 bits per heavy atom. The van der Waals surface area contributed by atoms with Crippen LogP contribution in [0.2, 0.25) is 0 Å². The van der Waals surface area contributed by atoms with Gasteiger partial charge in [0.2, 0.25) is 11.8 Å². The van der Waals surface area contributed by atoms with Crippen LogP contribution in [0.5, 0.6) is 0 Å². The zero-order chi connectivity index (χ0) is 20.1. The summed E-state index contributed by atoms with van der Waals surface area (Å²) in [6.07, 6.45) is 0.230. The summed E-state index contributed by atoms with van der Waals surface area (Å²) >= 11 is 0. The first kappa shape index (κ1) is 19.8. The van der Waals surface area contributed by atoms with Crippen LogP contribution in [0.25, 0.3) is 11.5 Å². The van der Waals surface area contributed by atoms with E-state index in [0.717, 1.165) is 16.7 Å². The molecule has 2 aromatic carbocycles. The minimum Gasteiger partial charge on any atom is -0.403 e. The molecule has 1 aromatic heterocycles. The van der Waals surface area contributed by atoms with Crippen LogP contribution in [0.1, 0.15) is 24.0 Å². The molecule has 0 saturated carbocycles. The molecule has 0 atom stereocenters. The van der Waals surface area contributed by atoms with Gasteiger partial charge in [0.15, 0.2) is 9.84 Å². The van der Waals surface area contributed by atoms with Crippen LogP contribution in [0.3, 0.4) is 0 Å². The number of anilines is 1. The smallest absolute Gasteiger partial charge is 0.322 e. The van der Waals surface area contributed by atoms with E-state index in [1.165, 1.54) is 0 Å². The highest BCUT2D eigenvalue weighted by molar-refractivity contribution is 7.91. The molecule has 3 aromatic rings. The van der Waals surface area contributed by atoms with Crippen molar-refractivity contribution in [1.82, 2.24) is 10.2 Å². The van der Waals surface area contributed by atoms with Gasteiger partial charge in [0, 0.05) is 12.0 Å². The first-order valence-electron chi connectivity index (χ1n) is 8.84. The first-order valence-corrected chi connectivity index (χ1v) is 10.5. The zero-order valence-electron chi connectivity index (χ0n) is 15.7. The van der Waals surface area contributed by atoms with Crippen molar-refractivity contribution in [1.29, 1.82) is 0 Å². The summed E-state index contributed by atoms with van der Waals surface area (Å²) in [6.45, 7) is 3.90. The number of aryl methyl sites for hydroxylation is 2. The normalized spacial score (nSPS) is 11.4. The van der Waals surface area contributed by atoms with E-state index in [2.05, 4.69) is 15.5 Å². The molecule has 7 nitrogen and oxygen atoms in total. The number of rotatable bonds is 7. The molecule has 0 unspecified atom stereocenters. The number of aromatic nitrogens is 2. The van der Waals surface area contributed by atoms with E-state index in [9.17, 15) is 13.2 Å². The van der Waals surface area contributed by atoms with Crippen molar-refractivity contribution in [2.75, 3.05) is 11.1 Å². The van der Waals surface area contributed by atoms with Crippen molar-refractivity contribution in [2.24, 2.45) is 0 Å². The van der Waals surface area contributed by atoms with Gasteiger partial charge in [-0.05, 0) is 44.0 Å². The summed E-state index contributed by atoms with van der Waals surface area (Å²) in [5.41, 5.74) is 2.85. The highest BCUT2D eigenvalue weighted by Gasteiger charge is 2.16. The molecule has 0 saturated heterocycles. The van der Waals surface area contributed by atoms with Gasteiger partial charge < -0.3 is 4.42 Å². The summed E-state index contributed by atoms with van der Waals surface area (Å²) in [5, 5.41) is 10.3. The van der Waals surface area contributed by atoms with Gasteiger partial charge in [0.05, 0.1) is 10.6 Å². The fraction of sp³-hybridized carbons (Fsp3) is 0.250. The van der Waals surface area contributed by atoms with Gasteiger partial charge in [-0.2, -0.15) is 0 Å². The molecule has 3 rings (SSSR count). The molecule has 1 amide bonds. The number of hydrogen-bond acceptors (Lipinski definition) is 6. The molecule has 0 radical (unpaired) electrons. The topological polar surface area (TPSA) is 102 Å². The van der Waals surface area contributed by atoms with Crippen LogP contribution >= 0.6 is 0 Å². The van der Waals surface area contributed by atoms with Crippen molar-refractivity contribution >= 4 is 21.8 Å². The second-order valence-electron chi connectivity index (χ2n) is 6.51. The highest BCUT2D eigenvalue weighted by Crippen LogP contribution is 2.24. The fourth-order valence-corrected chi connectivity index (χ4v) is 4.03. The number of nitrogens with zero attached hydrogens (tertiary/aromatic N) is 2. The van der Waals surface area contributed by atoms with Crippen molar-refractivity contribution < 1.29 is 17.6 Å². The average molecular weight is 399 g/mol. The predicted octanol–water partition coefficient (Wildman–Crippen LogP) is 3.55. The lowest BCUT2D eigenvalue weighted by Crippen LogP contribution is -2.14. The van der Waals surface area contributed by atoms with Gasteiger partial charge in [-0.3, -0.25) is 10.1 Å². The number of amides is 1. The van der Waals surface area contributed by atoms with Gasteiger partial charge in [0.1, 0.15) is 0 Å². The van der Waals surface area contributed by atoms with Crippen LogP contribution in [-0.2, 0) is 14.6 Å². The summed E-state index contributed by atoms with van der Waals surface area (Å²) in [5.74, 6) is -0.162. The quantitative estimate of drug-likeness (QED) is 0.652. The Labute approximate surface area is 163 Å². The molecule has 146 valence electrons. The van der Waals surface area contributed by atoms with Crippen molar-refractivity contribution in [3.63, 3.8) is 0 Å². The number of hydrogen-bond donors (Lipinski definition) is 1. The molecule has 8 heteroatoms.